The summed E-state index contributed by atoms with van der Waals surface area (Å²) in [5.74, 6) is -1.67. The summed E-state index contributed by atoms with van der Waals surface area (Å²) in [5.41, 5.74) is 5.12. The van der Waals surface area contributed by atoms with Gasteiger partial charge in [-0.05, 0) is 101 Å². The zero-order valence-corrected chi connectivity index (χ0v) is 31.5. The molecule has 0 saturated carbocycles. The van der Waals surface area contributed by atoms with Gasteiger partial charge >= 0.3 is 0 Å². The van der Waals surface area contributed by atoms with E-state index in [-0.39, 0.29) is 31.0 Å². The Hall–Kier alpha value is -5.60. The molecule has 4 fully saturated rings. The van der Waals surface area contributed by atoms with Gasteiger partial charge in [-0.3, -0.25) is 39.1 Å². The summed E-state index contributed by atoms with van der Waals surface area (Å²) < 4.78 is 6.60. The molecule has 1 unspecified atom stereocenters. The first-order chi connectivity index (χ1) is 27.2. The molecular weight excluding hydrogens is 713 g/mol. The van der Waals surface area contributed by atoms with Gasteiger partial charge in [0.1, 0.15) is 11.9 Å². The molecule has 56 heavy (non-hydrogen) atoms. The average molecular weight is 759 g/mol. The lowest BCUT2D eigenvalue weighted by Gasteiger charge is -2.38. The maximum absolute atomic E-state index is 13.6. The van der Waals surface area contributed by atoms with Gasteiger partial charge in [0.15, 0.2) is 0 Å². The molecule has 2 aromatic carbocycles. The van der Waals surface area contributed by atoms with Crippen molar-refractivity contribution in [1.29, 1.82) is 0 Å². The van der Waals surface area contributed by atoms with Crippen LogP contribution in [0.3, 0.4) is 0 Å². The number of fused-ring (bicyclic) bond motifs is 2. The predicted molar refractivity (Wildman–Crippen MR) is 210 cm³/mol. The lowest BCUT2D eigenvalue weighted by molar-refractivity contribution is -0.136. The van der Waals surface area contributed by atoms with E-state index in [4.69, 9.17) is 4.74 Å². The molecule has 5 aliphatic rings. The van der Waals surface area contributed by atoms with Crippen molar-refractivity contribution in [1.82, 2.24) is 25.1 Å². The fourth-order valence-corrected chi connectivity index (χ4v) is 9.13. The van der Waals surface area contributed by atoms with Crippen LogP contribution in [0.15, 0.2) is 60.8 Å². The molecular formula is C42H46N8O6. The lowest BCUT2D eigenvalue weighted by Crippen LogP contribution is -2.54. The van der Waals surface area contributed by atoms with Crippen molar-refractivity contribution in [2.75, 3.05) is 54.9 Å². The number of H-pyrrole nitrogens is 1. The van der Waals surface area contributed by atoms with Crippen molar-refractivity contribution in [3.05, 3.63) is 83.2 Å². The number of rotatable bonds is 8. The first-order valence-corrected chi connectivity index (χ1v) is 19.8. The zero-order valence-electron chi connectivity index (χ0n) is 31.5. The molecule has 2 atom stereocenters. The number of likely N-dealkylation sites (tertiary alicyclic amines) is 1. The monoisotopic (exact) mass is 758 g/mol. The van der Waals surface area contributed by atoms with E-state index in [9.17, 15) is 24.0 Å². The number of nitrogens with one attached hydrogen (secondary N) is 3. The number of aromatic nitrogens is 2. The lowest BCUT2D eigenvalue weighted by atomic mass is 10.0. The maximum atomic E-state index is 13.6. The Bertz CT molecular complexity index is 2200. The van der Waals surface area contributed by atoms with Crippen LogP contribution in [0.2, 0.25) is 0 Å². The molecule has 7 heterocycles. The minimum atomic E-state index is -0.989. The summed E-state index contributed by atoms with van der Waals surface area (Å²) in [6, 6.07) is 16.4. The third kappa shape index (κ3) is 6.81. The fourth-order valence-electron chi connectivity index (χ4n) is 9.13. The van der Waals surface area contributed by atoms with Gasteiger partial charge in [0.2, 0.25) is 11.8 Å². The number of aromatic amines is 1. The second-order valence-corrected chi connectivity index (χ2v) is 15.7. The Morgan fingerprint density at radius 2 is 1.55 bits per heavy atom. The van der Waals surface area contributed by atoms with E-state index in [1.54, 1.807) is 12.1 Å². The SMILES string of the molecule is CN1CCC[C@@H]1c1cc2cnc(NC(=O)c3ccc(N4CCC(OC5CCN(c6cccc7c6C(=O)N(C6CCC(=O)NC6=O)C7=O)CC5)CC4)cc3)cc2[nH]1. The quantitative estimate of drug-likeness (QED) is 0.216. The molecule has 4 aromatic rings. The van der Waals surface area contributed by atoms with Gasteiger partial charge in [-0.1, -0.05) is 6.07 Å². The average Bonchev–Trinajstić information content (AvgIpc) is 3.90. The number of piperidine rings is 3. The van der Waals surface area contributed by atoms with E-state index in [1.165, 1.54) is 12.1 Å². The zero-order chi connectivity index (χ0) is 38.5. The number of carbonyl (C=O) groups is 5. The molecule has 0 bridgehead atoms. The Labute approximate surface area is 324 Å². The van der Waals surface area contributed by atoms with Gasteiger partial charge in [0.05, 0.1) is 34.5 Å². The maximum Gasteiger partial charge on any atom is 0.264 e. The van der Waals surface area contributed by atoms with E-state index < -0.39 is 29.7 Å². The highest BCUT2D eigenvalue weighted by Gasteiger charge is 2.46. The molecule has 290 valence electrons. The Morgan fingerprint density at radius 1 is 0.821 bits per heavy atom. The largest absolute Gasteiger partial charge is 0.375 e. The van der Waals surface area contributed by atoms with Crippen LogP contribution >= 0.6 is 0 Å². The number of hydrogen-bond acceptors (Lipinski definition) is 10. The van der Waals surface area contributed by atoms with E-state index in [2.05, 4.69) is 48.4 Å². The molecule has 5 amide bonds. The summed E-state index contributed by atoms with van der Waals surface area (Å²) in [6.45, 7) is 4.15. The van der Waals surface area contributed by atoms with Crippen LogP contribution < -0.4 is 20.4 Å². The van der Waals surface area contributed by atoms with E-state index in [1.807, 2.05) is 42.6 Å². The Balaban J connectivity index is 0.750. The normalized spacial score (nSPS) is 22.6. The van der Waals surface area contributed by atoms with Crippen molar-refractivity contribution in [3.63, 3.8) is 0 Å². The Morgan fingerprint density at radius 3 is 2.25 bits per heavy atom. The van der Waals surface area contributed by atoms with Crippen LogP contribution in [-0.4, -0.2) is 107 Å². The molecule has 2 aromatic heterocycles. The molecule has 0 radical (unpaired) electrons. The first kappa shape index (κ1) is 36.1. The van der Waals surface area contributed by atoms with E-state index in [0.717, 1.165) is 73.2 Å². The van der Waals surface area contributed by atoms with Crippen LogP contribution in [0.1, 0.15) is 94.2 Å². The molecule has 14 heteroatoms. The van der Waals surface area contributed by atoms with Crippen LogP contribution in [-0.2, 0) is 14.3 Å². The number of amides is 5. The minimum absolute atomic E-state index is 0.0852. The summed E-state index contributed by atoms with van der Waals surface area (Å²) in [7, 11) is 2.15. The van der Waals surface area contributed by atoms with Crippen molar-refractivity contribution < 1.29 is 28.7 Å². The topological polar surface area (TPSA) is 160 Å². The van der Waals surface area contributed by atoms with Crippen molar-refractivity contribution in [2.24, 2.45) is 0 Å². The number of carbonyl (C=O) groups excluding carboxylic acids is 5. The number of pyridine rings is 1. The van der Waals surface area contributed by atoms with Crippen molar-refractivity contribution >= 4 is 57.6 Å². The van der Waals surface area contributed by atoms with Gasteiger partial charge in [-0.25, -0.2) is 4.98 Å². The summed E-state index contributed by atoms with van der Waals surface area (Å²) in [6.07, 6.45) is 7.97. The molecule has 5 aliphatic heterocycles. The van der Waals surface area contributed by atoms with Crippen molar-refractivity contribution in [2.45, 2.75) is 75.7 Å². The Kier molecular flexibility index (Phi) is 9.54. The summed E-state index contributed by atoms with van der Waals surface area (Å²) in [4.78, 5) is 80.1. The number of benzene rings is 2. The van der Waals surface area contributed by atoms with E-state index >= 15 is 0 Å². The van der Waals surface area contributed by atoms with Gasteiger partial charge in [0, 0.05) is 73.2 Å². The highest BCUT2D eigenvalue weighted by Crippen LogP contribution is 2.36. The second-order valence-electron chi connectivity index (χ2n) is 15.7. The summed E-state index contributed by atoms with van der Waals surface area (Å²) in [5, 5.41) is 6.25. The standard InChI is InChI=1S/C42H46N8O6/c1-47-17-3-6-33(47)32-22-26-24-43-36(23-31(26)44-32)45-39(52)25-7-9-27(10-8-25)48-18-13-28(14-19-48)56-29-15-20-49(21-16-29)34-5-2-4-30-38(34)42(55)50(41(30)54)35-11-12-37(51)46-40(35)53/h2,4-5,7-10,22-24,28-29,33,35,44H,3,6,11-21H2,1H3,(H,43,45,52)(H,46,51,53)/t33-,35?/m1/s1. The number of anilines is 3. The molecule has 4 saturated heterocycles. The molecule has 9 rings (SSSR count). The predicted octanol–water partition coefficient (Wildman–Crippen LogP) is 4.64. The highest BCUT2D eigenvalue weighted by atomic mass is 16.5. The van der Waals surface area contributed by atoms with Crippen molar-refractivity contribution in [3.8, 4) is 0 Å². The van der Waals surface area contributed by atoms with Gasteiger partial charge in [-0.2, -0.15) is 0 Å². The minimum Gasteiger partial charge on any atom is -0.375 e. The fraction of sp³-hybridized carbons (Fsp3) is 0.429. The third-order valence-electron chi connectivity index (χ3n) is 12.2. The smallest absolute Gasteiger partial charge is 0.264 e. The molecule has 0 aliphatic carbocycles. The molecule has 14 nitrogen and oxygen atoms in total. The number of hydrogen-bond donors (Lipinski definition) is 3. The van der Waals surface area contributed by atoms with Crippen LogP contribution in [0.4, 0.5) is 17.2 Å². The highest BCUT2D eigenvalue weighted by molar-refractivity contribution is 6.25. The number of nitrogens with zero attached hydrogens (tertiary/aromatic N) is 5. The number of ether oxygens (including phenoxy) is 1. The van der Waals surface area contributed by atoms with Gasteiger partial charge in [-0.15, -0.1) is 0 Å². The molecule has 3 N–H and O–H groups in total. The van der Waals surface area contributed by atoms with Crippen LogP contribution in [0, 0.1) is 0 Å². The van der Waals surface area contributed by atoms with Gasteiger partial charge < -0.3 is 24.8 Å². The molecule has 0 spiro atoms. The first-order valence-electron chi connectivity index (χ1n) is 19.8. The second kappa shape index (κ2) is 14.8. The summed E-state index contributed by atoms with van der Waals surface area (Å²) >= 11 is 0. The third-order valence-corrected chi connectivity index (χ3v) is 12.2. The van der Waals surface area contributed by atoms with Gasteiger partial charge in [0.25, 0.3) is 17.7 Å². The number of imide groups is 2. The van der Waals surface area contributed by atoms with E-state index in [0.29, 0.717) is 47.3 Å². The van der Waals surface area contributed by atoms with Crippen LogP contribution in [0.25, 0.3) is 10.9 Å². The van der Waals surface area contributed by atoms with Crippen LogP contribution in [0.5, 0.6) is 0 Å².